The Labute approximate surface area is 112 Å². The number of nitrogens with one attached hydrogen (secondary N) is 1. The van der Waals surface area contributed by atoms with E-state index in [0.717, 1.165) is 24.2 Å². The highest BCUT2D eigenvalue weighted by atomic mass is 19.4. The molecule has 0 spiro atoms. The van der Waals surface area contributed by atoms with Crippen LogP contribution in [0.4, 0.5) is 13.2 Å². The van der Waals surface area contributed by atoms with Gasteiger partial charge < -0.3 is 5.32 Å². The van der Waals surface area contributed by atoms with Gasteiger partial charge in [-0.25, -0.2) is 0 Å². The van der Waals surface area contributed by atoms with Crippen LogP contribution in [0.1, 0.15) is 49.9 Å². The Morgan fingerprint density at radius 3 is 2.68 bits per heavy atom. The van der Waals surface area contributed by atoms with Crippen molar-refractivity contribution in [3.63, 3.8) is 0 Å². The number of nitrogens with zero attached hydrogens (tertiary/aromatic N) is 1. The number of aryl methyl sites for hydroxylation is 1. The van der Waals surface area contributed by atoms with E-state index in [1.54, 1.807) is 6.20 Å². The Balaban J connectivity index is 2.64. The molecule has 0 saturated carbocycles. The molecule has 1 aromatic heterocycles. The van der Waals surface area contributed by atoms with Crippen LogP contribution in [0.25, 0.3) is 0 Å². The number of aromatic nitrogens is 1. The summed E-state index contributed by atoms with van der Waals surface area (Å²) < 4.78 is 36.6. The van der Waals surface area contributed by atoms with Crippen LogP contribution in [-0.2, 0) is 0 Å². The van der Waals surface area contributed by atoms with Gasteiger partial charge in [0, 0.05) is 24.4 Å². The molecule has 0 bridgehead atoms. The number of halogens is 3. The van der Waals surface area contributed by atoms with Gasteiger partial charge in [0.05, 0.1) is 0 Å². The molecular weight excluding hydrogens is 253 g/mol. The van der Waals surface area contributed by atoms with Crippen LogP contribution in [0.3, 0.4) is 0 Å². The lowest BCUT2D eigenvalue weighted by molar-refractivity contribution is -0.135. The van der Waals surface area contributed by atoms with E-state index in [9.17, 15) is 13.2 Å². The van der Waals surface area contributed by atoms with Gasteiger partial charge in [-0.1, -0.05) is 13.0 Å². The molecule has 0 fully saturated rings. The summed E-state index contributed by atoms with van der Waals surface area (Å²) in [6.07, 6.45) is -1.53. The average Bonchev–Trinajstić information content (AvgIpc) is 2.33. The van der Waals surface area contributed by atoms with E-state index in [2.05, 4.69) is 10.3 Å². The van der Waals surface area contributed by atoms with Crippen LogP contribution >= 0.6 is 0 Å². The Morgan fingerprint density at radius 2 is 2.11 bits per heavy atom. The second kappa shape index (κ2) is 7.48. The molecule has 5 heteroatoms. The van der Waals surface area contributed by atoms with Crippen molar-refractivity contribution in [1.29, 1.82) is 0 Å². The van der Waals surface area contributed by atoms with Gasteiger partial charge in [0.1, 0.15) is 0 Å². The lowest BCUT2D eigenvalue weighted by Crippen LogP contribution is -2.23. The van der Waals surface area contributed by atoms with Crippen LogP contribution in [0.15, 0.2) is 18.3 Å². The summed E-state index contributed by atoms with van der Waals surface area (Å²) >= 11 is 0. The van der Waals surface area contributed by atoms with Crippen molar-refractivity contribution in [3.8, 4) is 0 Å². The molecule has 0 aromatic carbocycles. The predicted molar refractivity (Wildman–Crippen MR) is 69.9 cm³/mol. The van der Waals surface area contributed by atoms with Crippen molar-refractivity contribution < 1.29 is 13.2 Å². The van der Waals surface area contributed by atoms with Gasteiger partial charge in [0.2, 0.25) is 0 Å². The monoisotopic (exact) mass is 274 g/mol. The van der Waals surface area contributed by atoms with E-state index < -0.39 is 12.6 Å². The normalized spacial score (nSPS) is 13.5. The zero-order chi connectivity index (χ0) is 14.3. The maximum atomic E-state index is 12.2. The zero-order valence-electron chi connectivity index (χ0n) is 11.4. The van der Waals surface area contributed by atoms with Crippen molar-refractivity contribution in [2.45, 2.75) is 51.7 Å². The van der Waals surface area contributed by atoms with Crippen LogP contribution in [-0.4, -0.2) is 17.7 Å². The number of pyridine rings is 1. The lowest BCUT2D eigenvalue weighted by Gasteiger charge is -2.20. The molecule has 0 aliphatic rings. The first-order valence-electron chi connectivity index (χ1n) is 6.65. The van der Waals surface area contributed by atoms with E-state index in [-0.39, 0.29) is 12.5 Å². The van der Waals surface area contributed by atoms with Crippen molar-refractivity contribution in [2.24, 2.45) is 0 Å². The largest absolute Gasteiger partial charge is 0.389 e. The van der Waals surface area contributed by atoms with E-state index in [1.807, 2.05) is 26.0 Å². The minimum Gasteiger partial charge on any atom is -0.310 e. The fourth-order valence-electron chi connectivity index (χ4n) is 2.06. The number of hydrogen-bond acceptors (Lipinski definition) is 2. The molecule has 1 rings (SSSR count). The first kappa shape index (κ1) is 16.0. The van der Waals surface area contributed by atoms with Gasteiger partial charge in [-0.2, -0.15) is 13.2 Å². The molecule has 2 nitrogen and oxygen atoms in total. The molecular formula is C14H21F3N2. The SMILES string of the molecule is CCCNC(CCCC(F)(F)F)c1cccnc1C. The molecule has 0 aliphatic heterocycles. The molecule has 1 unspecified atom stereocenters. The fourth-order valence-corrected chi connectivity index (χ4v) is 2.06. The topological polar surface area (TPSA) is 24.9 Å². The van der Waals surface area contributed by atoms with Gasteiger partial charge in [-0.3, -0.25) is 4.98 Å². The first-order valence-corrected chi connectivity index (χ1v) is 6.65. The van der Waals surface area contributed by atoms with Crippen LogP contribution in [0.2, 0.25) is 0 Å². The molecule has 0 amide bonds. The van der Waals surface area contributed by atoms with Crippen LogP contribution in [0.5, 0.6) is 0 Å². The Hall–Kier alpha value is -1.10. The van der Waals surface area contributed by atoms with Crippen molar-refractivity contribution in [1.82, 2.24) is 10.3 Å². The number of alkyl halides is 3. The third-order valence-corrected chi connectivity index (χ3v) is 3.02. The first-order chi connectivity index (χ1) is 8.94. The summed E-state index contributed by atoms with van der Waals surface area (Å²) in [6.45, 7) is 4.72. The van der Waals surface area contributed by atoms with Crippen LogP contribution < -0.4 is 5.32 Å². The number of rotatable bonds is 7. The van der Waals surface area contributed by atoms with Crippen LogP contribution in [0, 0.1) is 6.92 Å². The molecule has 0 aliphatic carbocycles. The van der Waals surface area contributed by atoms with E-state index in [4.69, 9.17) is 0 Å². The molecule has 0 radical (unpaired) electrons. The molecule has 1 N–H and O–H groups in total. The molecule has 1 atom stereocenters. The minimum atomic E-state index is -4.07. The smallest absolute Gasteiger partial charge is 0.310 e. The van der Waals surface area contributed by atoms with Gasteiger partial charge in [0.15, 0.2) is 0 Å². The highest BCUT2D eigenvalue weighted by Gasteiger charge is 2.27. The molecule has 0 saturated heterocycles. The quantitative estimate of drug-likeness (QED) is 0.807. The van der Waals surface area contributed by atoms with Gasteiger partial charge in [-0.05, 0) is 44.4 Å². The summed E-state index contributed by atoms with van der Waals surface area (Å²) in [5, 5.41) is 3.31. The molecule has 1 heterocycles. The van der Waals surface area contributed by atoms with E-state index in [0.29, 0.717) is 6.42 Å². The molecule has 108 valence electrons. The third kappa shape index (κ3) is 6.05. The molecule has 19 heavy (non-hydrogen) atoms. The summed E-state index contributed by atoms with van der Waals surface area (Å²) in [4.78, 5) is 4.20. The Bertz CT molecular complexity index is 377. The average molecular weight is 274 g/mol. The Morgan fingerprint density at radius 1 is 1.37 bits per heavy atom. The third-order valence-electron chi connectivity index (χ3n) is 3.02. The highest BCUT2D eigenvalue weighted by Crippen LogP contribution is 2.27. The molecule has 1 aromatic rings. The minimum absolute atomic E-state index is 0.0454. The number of hydrogen-bond donors (Lipinski definition) is 1. The Kier molecular flexibility index (Phi) is 6.28. The van der Waals surface area contributed by atoms with Gasteiger partial charge in [-0.15, -0.1) is 0 Å². The summed E-state index contributed by atoms with van der Waals surface area (Å²) in [5.41, 5.74) is 1.88. The van der Waals surface area contributed by atoms with Gasteiger partial charge in [0.25, 0.3) is 0 Å². The van der Waals surface area contributed by atoms with E-state index >= 15 is 0 Å². The van der Waals surface area contributed by atoms with E-state index in [1.165, 1.54) is 0 Å². The van der Waals surface area contributed by atoms with Crippen molar-refractivity contribution >= 4 is 0 Å². The standard InChI is InChI=1S/C14H21F3N2/c1-3-9-19-13(7-4-8-14(15,16)17)12-6-5-10-18-11(12)2/h5-6,10,13,19H,3-4,7-9H2,1-2H3. The summed E-state index contributed by atoms with van der Waals surface area (Å²) in [5.74, 6) is 0. The maximum Gasteiger partial charge on any atom is 0.389 e. The second-order valence-electron chi connectivity index (χ2n) is 4.69. The predicted octanol–water partition coefficient (Wildman–Crippen LogP) is 4.16. The summed E-state index contributed by atoms with van der Waals surface area (Å²) in [7, 11) is 0. The zero-order valence-corrected chi connectivity index (χ0v) is 11.4. The van der Waals surface area contributed by atoms with Gasteiger partial charge >= 0.3 is 6.18 Å². The summed E-state index contributed by atoms with van der Waals surface area (Å²) in [6, 6.07) is 3.71. The fraction of sp³-hybridized carbons (Fsp3) is 0.643. The lowest BCUT2D eigenvalue weighted by atomic mass is 9.99. The highest BCUT2D eigenvalue weighted by molar-refractivity contribution is 5.22. The van der Waals surface area contributed by atoms with Crippen molar-refractivity contribution in [2.75, 3.05) is 6.54 Å². The second-order valence-corrected chi connectivity index (χ2v) is 4.69. The maximum absolute atomic E-state index is 12.2. The van der Waals surface area contributed by atoms with Crippen molar-refractivity contribution in [3.05, 3.63) is 29.6 Å².